The minimum atomic E-state index is -0.382. The van der Waals surface area contributed by atoms with Crippen LogP contribution in [0.3, 0.4) is 0 Å². The van der Waals surface area contributed by atoms with Gasteiger partial charge in [0.1, 0.15) is 0 Å². The van der Waals surface area contributed by atoms with Gasteiger partial charge in [0.2, 0.25) is 0 Å². The van der Waals surface area contributed by atoms with E-state index in [0.717, 1.165) is 0 Å². The van der Waals surface area contributed by atoms with E-state index in [1.807, 2.05) is 0 Å². The van der Waals surface area contributed by atoms with Crippen molar-refractivity contribution >= 4 is 0 Å². The highest BCUT2D eigenvalue weighted by Crippen LogP contribution is 2.06. The fourth-order valence-electron chi connectivity index (χ4n) is 1.74. The van der Waals surface area contributed by atoms with Crippen LogP contribution in [0, 0.1) is 0 Å². The highest BCUT2D eigenvalue weighted by Gasteiger charge is 2.06. The third-order valence-corrected chi connectivity index (χ3v) is 2.80. The molecule has 2 N–H and O–H groups in total. The lowest BCUT2D eigenvalue weighted by Crippen LogP contribution is -2.35. The van der Waals surface area contributed by atoms with Crippen molar-refractivity contribution in [3.63, 3.8) is 0 Å². The summed E-state index contributed by atoms with van der Waals surface area (Å²) in [5.74, 6) is 0. The molecule has 0 aliphatic carbocycles. The van der Waals surface area contributed by atoms with Crippen molar-refractivity contribution in [3.8, 4) is 0 Å². The molecule has 0 bridgehead atoms. The van der Waals surface area contributed by atoms with Gasteiger partial charge in [-0.05, 0) is 13.3 Å². The summed E-state index contributed by atoms with van der Waals surface area (Å²) in [5.41, 5.74) is 0. The van der Waals surface area contributed by atoms with Crippen molar-refractivity contribution in [1.82, 2.24) is 5.32 Å². The van der Waals surface area contributed by atoms with Gasteiger partial charge < -0.3 is 15.2 Å². The van der Waals surface area contributed by atoms with Gasteiger partial charge in [-0.2, -0.15) is 0 Å². The molecule has 0 aromatic rings. The molecule has 0 aliphatic rings. The Balaban J connectivity index is 3.27. The Morgan fingerprint density at radius 2 is 1.88 bits per heavy atom. The van der Waals surface area contributed by atoms with E-state index in [4.69, 9.17) is 4.74 Å². The minimum Gasteiger partial charge on any atom is -0.389 e. The van der Waals surface area contributed by atoms with Crippen molar-refractivity contribution in [2.45, 2.75) is 64.5 Å². The second-order valence-electron chi connectivity index (χ2n) is 4.62. The van der Waals surface area contributed by atoms with E-state index in [9.17, 15) is 5.11 Å². The maximum Gasteiger partial charge on any atom is 0.0897 e. The lowest BCUT2D eigenvalue weighted by Gasteiger charge is -2.16. The molecule has 0 radical (unpaired) electrons. The van der Waals surface area contributed by atoms with Crippen LogP contribution in [0.1, 0.15) is 52.4 Å². The molecule has 0 spiro atoms. The molecule has 0 amide bonds. The summed E-state index contributed by atoms with van der Waals surface area (Å²) in [7, 11) is 1.61. The fourth-order valence-corrected chi connectivity index (χ4v) is 1.74. The van der Waals surface area contributed by atoms with Gasteiger partial charge in [-0.1, -0.05) is 39.0 Å². The Morgan fingerprint density at radius 1 is 1.19 bits per heavy atom. The Kier molecular flexibility index (Phi) is 11.3. The summed E-state index contributed by atoms with van der Waals surface area (Å²) >= 11 is 0. The maximum atomic E-state index is 9.45. The van der Waals surface area contributed by atoms with Crippen LogP contribution in [0.4, 0.5) is 0 Å². The van der Waals surface area contributed by atoms with E-state index in [1.165, 1.54) is 38.5 Å². The predicted molar refractivity (Wildman–Crippen MR) is 68.7 cm³/mol. The summed E-state index contributed by atoms with van der Waals surface area (Å²) in [5, 5.41) is 12.8. The van der Waals surface area contributed by atoms with E-state index in [-0.39, 0.29) is 6.10 Å². The SMILES string of the molecule is CCCCCCCC(C)NCC(O)COC. The van der Waals surface area contributed by atoms with Crippen molar-refractivity contribution in [2.24, 2.45) is 0 Å². The summed E-state index contributed by atoms with van der Waals surface area (Å²) in [6, 6.07) is 0.494. The van der Waals surface area contributed by atoms with E-state index < -0.39 is 0 Å². The van der Waals surface area contributed by atoms with Gasteiger partial charge in [-0.15, -0.1) is 0 Å². The van der Waals surface area contributed by atoms with Gasteiger partial charge in [0, 0.05) is 19.7 Å². The second-order valence-corrected chi connectivity index (χ2v) is 4.62. The molecule has 3 nitrogen and oxygen atoms in total. The molecule has 98 valence electrons. The first-order valence-electron chi connectivity index (χ1n) is 6.61. The molecular weight excluding hydrogens is 202 g/mol. The first-order valence-corrected chi connectivity index (χ1v) is 6.61. The molecule has 3 heteroatoms. The van der Waals surface area contributed by atoms with Gasteiger partial charge in [-0.25, -0.2) is 0 Å². The number of unbranched alkanes of at least 4 members (excludes halogenated alkanes) is 4. The monoisotopic (exact) mass is 231 g/mol. The van der Waals surface area contributed by atoms with Gasteiger partial charge in [0.05, 0.1) is 12.7 Å². The highest BCUT2D eigenvalue weighted by atomic mass is 16.5. The molecule has 2 unspecified atom stereocenters. The molecule has 16 heavy (non-hydrogen) atoms. The average molecular weight is 231 g/mol. The number of aliphatic hydroxyl groups is 1. The number of nitrogens with one attached hydrogen (secondary N) is 1. The Bertz CT molecular complexity index is 142. The number of hydrogen-bond donors (Lipinski definition) is 2. The van der Waals surface area contributed by atoms with Crippen molar-refractivity contribution < 1.29 is 9.84 Å². The summed E-state index contributed by atoms with van der Waals surface area (Å²) < 4.78 is 4.87. The summed E-state index contributed by atoms with van der Waals surface area (Å²) in [6.45, 7) is 5.46. The first kappa shape index (κ1) is 15.9. The molecule has 2 atom stereocenters. The number of aliphatic hydroxyl groups excluding tert-OH is 1. The Morgan fingerprint density at radius 3 is 2.50 bits per heavy atom. The number of hydrogen-bond acceptors (Lipinski definition) is 3. The van der Waals surface area contributed by atoms with Crippen LogP contribution in [0.15, 0.2) is 0 Å². The van der Waals surface area contributed by atoms with Crippen LogP contribution in [0.2, 0.25) is 0 Å². The van der Waals surface area contributed by atoms with Gasteiger partial charge in [0.15, 0.2) is 0 Å². The highest BCUT2D eigenvalue weighted by molar-refractivity contribution is 4.65. The molecule has 0 fully saturated rings. The van der Waals surface area contributed by atoms with Crippen molar-refractivity contribution in [2.75, 3.05) is 20.3 Å². The van der Waals surface area contributed by atoms with Gasteiger partial charge in [-0.3, -0.25) is 0 Å². The van der Waals surface area contributed by atoms with Crippen molar-refractivity contribution in [3.05, 3.63) is 0 Å². The molecule has 0 aromatic carbocycles. The Labute approximate surface area is 101 Å². The normalized spacial score (nSPS) is 15.0. The van der Waals surface area contributed by atoms with E-state index in [0.29, 0.717) is 19.2 Å². The lowest BCUT2D eigenvalue weighted by atomic mass is 10.1. The topological polar surface area (TPSA) is 41.5 Å². The van der Waals surface area contributed by atoms with Crippen molar-refractivity contribution in [1.29, 1.82) is 0 Å². The molecule has 0 saturated heterocycles. The molecule has 0 aromatic heterocycles. The predicted octanol–water partition coefficient (Wildman–Crippen LogP) is 2.33. The van der Waals surface area contributed by atoms with E-state index in [1.54, 1.807) is 7.11 Å². The lowest BCUT2D eigenvalue weighted by molar-refractivity contribution is 0.0628. The van der Waals surface area contributed by atoms with E-state index >= 15 is 0 Å². The fraction of sp³-hybridized carbons (Fsp3) is 1.00. The number of methoxy groups -OCH3 is 1. The molecule has 0 saturated carbocycles. The Hall–Kier alpha value is -0.120. The van der Waals surface area contributed by atoms with Crippen LogP contribution >= 0.6 is 0 Å². The molecule has 0 rings (SSSR count). The van der Waals surface area contributed by atoms with Crippen LogP contribution in [-0.4, -0.2) is 37.5 Å². The molecule has 0 heterocycles. The van der Waals surface area contributed by atoms with E-state index in [2.05, 4.69) is 19.2 Å². The molecular formula is C13H29NO2. The van der Waals surface area contributed by atoms with Gasteiger partial charge in [0.25, 0.3) is 0 Å². The summed E-state index contributed by atoms with van der Waals surface area (Å²) in [4.78, 5) is 0. The second kappa shape index (κ2) is 11.4. The minimum absolute atomic E-state index is 0.382. The zero-order valence-corrected chi connectivity index (χ0v) is 11.2. The summed E-state index contributed by atoms with van der Waals surface area (Å²) in [6.07, 6.45) is 7.45. The third-order valence-electron chi connectivity index (χ3n) is 2.80. The molecule has 0 aliphatic heterocycles. The van der Waals surface area contributed by atoms with Crippen LogP contribution in [-0.2, 0) is 4.74 Å². The van der Waals surface area contributed by atoms with Crippen LogP contribution in [0.25, 0.3) is 0 Å². The quantitative estimate of drug-likeness (QED) is 0.536. The largest absolute Gasteiger partial charge is 0.389 e. The van der Waals surface area contributed by atoms with Gasteiger partial charge >= 0.3 is 0 Å². The average Bonchev–Trinajstić information content (AvgIpc) is 2.26. The smallest absolute Gasteiger partial charge is 0.0897 e. The number of ether oxygens (including phenoxy) is 1. The van der Waals surface area contributed by atoms with Crippen LogP contribution < -0.4 is 5.32 Å². The first-order chi connectivity index (χ1) is 7.70. The zero-order chi connectivity index (χ0) is 12.2. The number of rotatable bonds is 11. The standard InChI is InChI=1S/C13H29NO2/c1-4-5-6-7-8-9-12(2)14-10-13(15)11-16-3/h12-15H,4-11H2,1-3H3. The zero-order valence-electron chi connectivity index (χ0n) is 11.2. The third kappa shape index (κ3) is 10.4. The van der Waals surface area contributed by atoms with Crippen LogP contribution in [0.5, 0.6) is 0 Å². The maximum absolute atomic E-state index is 9.45.